The van der Waals surface area contributed by atoms with E-state index in [-0.39, 0.29) is 25.3 Å². The summed E-state index contributed by atoms with van der Waals surface area (Å²) in [6.07, 6.45) is 7.96. The molecule has 3 aliphatic rings. The van der Waals surface area contributed by atoms with Gasteiger partial charge in [0, 0.05) is 52.5 Å². The number of likely N-dealkylation sites (tertiary alicyclic amines) is 2. The fourth-order valence-electron chi connectivity index (χ4n) is 5.08. The Morgan fingerprint density at radius 2 is 1.05 bits per heavy atom. The first kappa shape index (κ1) is 32.1. The van der Waals surface area contributed by atoms with Gasteiger partial charge in [-0.05, 0) is 65.7 Å². The second-order valence-electron chi connectivity index (χ2n) is 10.4. The lowest BCUT2D eigenvalue weighted by molar-refractivity contribution is -0.259. The highest BCUT2D eigenvalue weighted by Gasteiger charge is 2.26. The Hall–Kier alpha value is -0.400. The smallest absolute Gasteiger partial charge is 0.219 e. The molecule has 0 aliphatic carbocycles. The van der Waals surface area contributed by atoms with Crippen LogP contribution in [0, 0.1) is 0 Å². The molecule has 0 amide bonds. The largest absolute Gasteiger partial charge is 0.379 e. The lowest BCUT2D eigenvalue weighted by atomic mass is 10.1. The number of hydrogen-bond donors (Lipinski definition) is 0. The average Bonchev–Trinajstić information content (AvgIpc) is 3.49. The van der Waals surface area contributed by atoms with Crippen LogP contribution in [-0.4, -0.2) is 126 Å². The predicted molar refractivity (Wildman–Crippen MR) is 145 cm³/mol. The third kappa shape index (κ3) is 12.0. The standard InChI is InChI=1S/C28H55N3O7/c1-4-33-26(29-16-9-10-17-29)35-20-11-12-21-36-27(30-14-7-6-8-15-30)37-22-13-25(3)38-28(34-5-2)31-18-23-32-24-19-31/h25-28H,4-24H2,1-3H3. The maximum absolute atomic E-state index is 6.27. The molecule has 224 valence electrons. The van der Waals surface area contributed by atoms with Gasteiger partial charge in [0.15, 0.2) is 0 Å². The molecule has 0 bridgehead atoms. The summed E-state index contributed by atoms with van der Waals surface area (Å²) in [6, 6.07) is 0. The number of rotatable bonds is 20. The third-order valence-corrected chi connectivity index (χ3v) is 7.28. The highest BCUT2D eigenvalue weighted by atomic mass is 16.7. The first-order valence-corrected chi connectivity index (χ1v) is 15.2. The fraction of sp³-hybridized carbons (Fsp3) is 1.00. The van der Waals surface area contributed by atoms with Gasteiger partial charge in [-0.25, -0.2) is 0 Å². The van der Waals surface area contributed by atoms with Crippen LogP contribution in [0.3, 0.4) is 0 Å². The van der Waals surface area contributed by atoms with Crippen molar-refractivity contribution < 1.29 is 33.2 Å². The van der Waals surface area contributed by atoms with Crippen molar-refractivity contribution in [1.82, 2.24) is 14.7 Å². The maximum Gasteiger partial charge on any atom is 0.219 e. The van der Waals surface area contributed by atoms with Crippen LogP contribution in [0.2, 0.25) is 0 Å². The van der Waals surface area contributed by atoms with Gasteiger partial charge >= 0.3 is 0 Å². The lowest BCUT2D eigenvalue weighted by Crippen LogP contribution is -2.47. The molecule has 0 aromatic rings. The van der Waals surface area contributed by atoms with Crippen LogP contribution in [0.25, 0.3) is 0 Å². The van der Waals surface area contributed by atoms with Crippen LogP contribution in [0.5, 0.6) is 0 Å². The van der Waals surface area contributed by atoms with Gasteiger partial charge < -0.3 is 33.2 Å². The van der Waals surface area contributed by atoms with E-state index in [4.69, 9.17) is 33.2 Å². The number of piperidine rings is 1. The molecule has 0 spiro atoms. The van der Waals surface area contributed by atoms with Gasteiger partial charge in [-0.2, -0.15) is 0 Å². The topological polar surface area (TPSA) is 74.3 Å². The van der Waals surface area contributed by atoms with E-state index in [0.717, 1.165) is 71.7 Å². The molecule has 38 heavy (non-hydrogen) atoms. The zero-order chi connectivity index (χ0) is 26.8. The second-order valence-corrected chi connectivity index (χ2v) is 10.4. The van der Waals surface area contributed by atoms with E-state index in [0.29, 0.717) is 33.0 Å². The molecule has 0 aromatic carbocycles. The highest BCUT2D eigenvalue weighted by molar-refractivity contribution is 4.67. The molecule has 4 atom stereocenters. The molecule has 3 aliphatic heterocycles. The minimum Gasteiger partial charge on any atom is -0.379 e. The Balaban J connectivity index is 1.34. The van der Waals surface area contributed by atoms with E-state index in [2.05, 4.69) is 21.6 Å². The Morgan fingerprint density at radius 3 is 1.63 bits per heavy atom. The van der Waals surface area contributed by atoms with Gasteiger partial charge in [-0.1, -0.05) is 6.42 Å². The van der Waals surface area contributed by atoms with Gasteiger partial charge in [-0.15, -0.1) is 0 Å². The SMILES string of the molecule is CCOC(OCCCCOC(OCCC(C)OC(OCC)N1CCOCC1)N1CCCCC1)N1CCCC1. The molecule has 0 radical (unpaired) electrons. The summed E-state index contributed by atoms with van der Waals surface area (Å²) < 4.78 is 42.0. The zero-order valence-electron chi connectivity index (χ0n) is 24.4. The van der Waals surface area contributed by atoms with Gasteiger partial charge in [-0.3, -0.25) is 14.7 Å². The highest BCUT2D eigenvalue weighted by Crippen LogP contribution is 2.17. The van der Waals surface area contributed by atoms with Crippen LogP contribution in [0.15, 0.2) is 0 Å². The van der Waals surface area contributed by atoms with Crippen LogP contribution < -0.4 is 0 Å². The molecule has 0 N–H and O–H groups in total. The van der Waals surface area contributed by atoms with Crippen molar-refractivity contribution in [3.05, 3.63) is 0 Å². The Bertz CT molecular complexity index is 573. The van der Waals surface area contributed by atoms with Crippen molar-refractivity contribution in [3.8, 4) is 0 Å². The van der Waals surface area contributed by atoms with Gasteiger partial charge in [0.1, 0.15) is 0 Å². The lowest BCUT2D eigenvalue weighted by Gasteiger charge is -2.35. The van der Waals surface area contributed by atoms with Crippen molar-refractivity contribution in [1.29, 1.82) is 0 Å². The van der Waals surface area contributed by atoms with Gasteiger partial charge in [0.05, 0.1) is 39.1 Å². The summed E-state index contributed by atoms with van der Waals surface area (Å²) in [7, 11) is 0. The monoisotopic (exact) mass is 545 g/mol. The van der Waals surface area contributed by atoms with Crippen molar-refractivity contribution >= 4 is 0 Å². The van der Waals surface area contributed by atoms with Gasteiger partial charge in [0.25, 0.3) is 0 Å². The first-order valence-electron chi connectivity index (χ1n) is 15.2. The third-order valence-electron chi connectivity index (χ3n) is 7.28. The van der Waals surface area contributed by atoms with Crippen molar-refractivity contribution in [3.63, 3.8) is 0 Å². The average molecular weight is 546 g/mol. The molecule has 3 fully saturated rings. The Morgan fingerprint density at radius 1 is 0.579 bits per heavy atom. The van der Waals surface area contributed by atoms with Crippen molar-refractivity contribution in [2.24, 2.45) is 0 Å². The summed E-state index contributed by atoms with van der Waals surface area (Å²) in [5.41, 5.74) is 0. The van der Waals surface area contributed by atoms with Gasteiger partial charge in [0.2, 0.25) is 19.2 Å². The number of hydrogen-bond acceptors (Lipinski definition) is 10. The fourth-order valence-corrected chi connectivity index (χ4v) is 5.08. The summed E-state index contributed by atoms with van der Waals surface area (Å²) in [6.45, 7) is 16.6. The summed E-state index contributed by atoms with van der Waals surface area (Å²) >= 11 is 0. The quantitative estimate of drug-likeness (QED) is 0.168. The second kappa shape index (κ2) is 19.6. The van der Waals surface area contributed by atoms with E-state index < -0.39 is 0 Å². The number of unbranched alkanes of at least 4 members (excludes halogenated alkanes) is 1. The molecule has 0 aromatic heterocycles. The minimum atomic E-state index is -0.331. The first-order chi connectivity index (χ1) is 18.7. The molecule has 0 saturated carbocycles. The predicted octanol–water partition coefficient (Wildman–Crippen LogP) is 3.45. The molecule has 10 heteroatoms. The number of ether oxygens (including phenoxy) is 7. The van der Waals surface area contributed by atoms with E-state index in [1.54, 1.807) is 0 Å². The molecule has 4 unspecified atom stereocenters. The zero-order valence-corrected chi connectivity index (χ0v) is 24.4. The minimum absolute atomic E-state index is 0.0162. The van der Waals surface area contributed by atoms with Crippen LogP contribution in [0.4, 0.5) is 0 Å². The van der Waals surface area contributed by atoms with Crippen molar-refractivity contribution in [2.75, 3.05) is 85.5 Å². The summed E-state index contributed by atoms with van der Waals surface area (Å²) in [4.78, 5) is 6.83. The number of morpholine rings is 1. The molecule has 3 heterocycles. The number of nitrogens with zero attached hydrogens (tertiary/aromatic N) is 3. The summed E-state index contributed by atoms with van der Waals surface area (Å²) in [5, 5.41) is 0. The normalized spacial score (nSPS) is 23.4. The Kier molecular flexibility index (Phi) is 16.6. The molecule has 10 nitrogen and oxygen atoms in total. The van der Waals surface area contributed by atoms with E-state index in [9.17, 15) is 0 Å². The molecular weight excluding hydrogens is 490 g/mol. The maximum atomic E-state index is 6.27. The van der Waals surface area contributed by atoms with E-state index in [1.165, 1.54) is 32.1 Å². The molecule has 3 rings (SSSR count). The van der Waals surface area contributed by atoms with Crippen LogP contribution in [0.1, 0.15) is 72.1 Å². The molecular formula is C28H55N3O7. The summed E-state index contributed by atoms with van der Waals surface area (Å²) in [5.74, 6) is 0. The van der Waals surface area contributed by atoms with Crippen LogP contribution >= 0.6 is 0 Å². The molecule has 3 saturated heterocycles. The van der Waals surface area contributed by atoms with Crippen molar-refractivity contribution in [2.45, 2.75) is 97.5 Å². The Labute approximate surface area is 231 Å². The van der Waals surface area contributed by atoms with E-state index >= 15 is 0 Å². The van der Waals surface area contributed by atoms with Crippen LogP contribution in [-0.2, 0) is 33.2 Å². The van der Waals surface area contributed by atoms with E-state index in [1.807, 2.05) is 13.8 Å².